The molecule has 0 fully saturated rings. The van der Waals surface area contributed by atoms with Gasteiger partial charge in [-0.3, -0.25) is 0 Å². The van der Waals surface area contributed by atoms with Crippen molar-refractivity contribution in [1.82, 2.24) is 0 Å². The van der Waals surface area contributed by atoms with Gasteiger partial charge in [0, 0.05) is 19.7 Å². The van der Waals surface area contributed by atoms with Crippen LogP contribution in [0.15, 0.2) is 18.2 Å². The van der Waals surface area contributed by atoms with E-state index in [9.17, 15) is 0 Å². The fourth-order valence-electron chi connectivity index (χ4n) is 1.73. The first kappa shape index (κ1) is 12.7. The molecule has 0 aliphatic rings. The maximum Gasteiger partial charge on any atom is 0.121 e. The molecule has 0 atom stereocenters. The van der Waals surface area contributed by atoms with Gasteiger partial charge in [0.2, 0.25) is 0 Å². The van der Waals surface area contributed by atoms with Crippen molar-refractivity contribution in [2.75, 3.05) is 31.3 Å². The van der Waals surface area contributed by atoms with Crippen LogP contribution >= 0.6 is 0 Å². The fraction of sp³-hybridized carbons (Fsp3) is 0.538. The molecule has 1 aromatic rings. The molecule has 0 spiro atoms. The third-order valence-corrected chi connectivity index (χ3v) is 2.74. The van der Waals surface area contributed by atoms with Crippen LogP contribution in [0.5, 0.6) is 5.75 Å². The number of benzene rings is 1. The maximum absolute atomic E-state index is 5.98. The van der Waals surface area contributed by atoms with Crippen LogP contribution in [-0.2, 0) is 0 Å². The summed E-state index contributed by atoms with van der Waals surface area (Å²) in [6.45, 7) is 3.26. The molecule has 0 unspecified atom stereocenters. The first-order chi connectivity index (χ1) is 7.69. The first-order valence-corrected chi connectivity index (χ1v) is 5.83. The van der Waals surface area contributed by atoms with Crippen LogP contribution in [0.3, 0.4) is 0 Å². The molecule has 90 valence electrons. The standard InChI is InChI=1S/C13H22N2O/c1-4-5-6-9-15(2)13-8-7-11(16-3)10-12(13)14/h7-8,10H,4-6,9,14H2,1-3H3. The molecule has 1 rings (SSSR count). The van der Waals surface area contributed by atoms with Crippen molar-refractivity contribution in [3.05, 3.63) is 18.2 Å². The van der Waals surface area contributed by atoms with E-state index in [0.29, 0.717) is 0 Å². The highest BCUT2D eigenvalue weighted by atomic mass is 16.5. The molecule has 0 aromatic heterocycles. The molecule has 0 aliphatic carbocycles. The Balaban J connectivity index is 2.64. The lowest BCUT2D eigenvalue weighted by molar-refractivity contribution is 0.415. The summed E-state index contributed by atoms with van der Waals surface area (Å²) in [4.78, 5) is 2.20. The minimum Gasteiger partial charge on any atom is -0.497 e. The number of hydrogen-bond donors (Lipinski definition) is 1. The molecular formula is C13H22N2O. The van der Waals surface area contributed by atoms with Crippen LogP contribution in [0.4, 0.5) is 11.4 Å². The SMILES string of the molecule is CCCCCN(C)c1ccc(OC)cc1N. The normalized spacial score (nSPS) is 10.2. The Morgan fingerprint density at radius 3 is 2.62 bits per heavy atom. The summed E-state index contributed by atoms with van der Waals surface area (Å²) in [5, 5.41) is 0. The molecule has 1 aromatic carbocycles. The van der Waals surface area contributed by atoms with E-state index < -0.39 is 0 Å². The number of rotatable bonds is 6. The van der Waals surface area contributed by atoms with Crippen molar-refractivity contribution in [1.29, 1.82) is 0 Å². The van der Waals surface area contributed by atoms with Gasteiger partial charge >= 0.3 is 0 Å². The summed E-state index contributed by atoms with van der Waals surface area (Å²) in [6, 6.07) is 5.83. The van der Waals surface area contributed by atoms with Crippen LogP contribution < -0.4 is 15.4 Å². The van der Waals surface area contributed by atoms with Gasteiger partial charge in [-0.1, -0.05) is 19.8 Å². The molecule has 0 bridgehead atoms. The van der Waals surface area contributed by atoms with Crippen LogP contribution in [0.1, 0.15) is 26.2 Å². The highest BCUT2D eigenvalue weighted by Gasteiger charge is 2.05. The van der Waals surface area contributed by atoms with Crippen molar-refractivity contribution < 1.29 is 4.74 Å². The predicted octanol–water partition coefficient (Wildman–Crippen LogP) is 2.90. The second kappa shape index (κ2) is 6.26. The number of nitrogen functional groups attached to an aromatic ring is 1. The Bertz CT molecular complexity index is 326. The Morgan fingerprint density at radius 1 is 1.31 bits per heavy atom. The average Bonchev–Trinajstić information content (AvgIpc) is 2.29. The van der Waals surface area contributed by atoms with E-state index in [1.165, 1.54) is 19.3 Å². The summed E-state index contributed by atoms with van der Waals surface area (Å²) in [5.41, 5.74) is 7.84. The van der Waals surface area contributed by atoms with Gasteiger partial charge in [-0.15, -0.1) is 0 Å². The van der Waals surface area contributed by atoms with Crippen molar-refractivity contribution >= 4 is 11.4 Å². The molecule has 0 saturated heterocycles. The zero-order valence-electron chi connectivity index (χ0n) is 10.5. The van der Waals surface area contributed by atoms with Gasteiger partial charge in [0.05, 0.1) is 18.5 Å². The molecule has 0 aliphatic heterocycles. The van der Waals surface area contributed by atoms with Gasteiger partial charge in [-0.05, 0) is 18.6 Å². The Hall–Kier alpha value is -1.38. The smallest absolute Gasteiger partial charge is 0.121 e. The van der Waals surface area contributed by atoms with Gasteiger partial charge in [0.25, 0.3) is 0 Å². The molecule has 0 amide bonds. The van der Waals surface area contributed by atoms with Gasteiger partial charge in [0.1, 0.15) is 5.75 Å². The Labute approximate surface area is 98.2 Å². The summed E-state index contributed by atoms with van der Waals surface area (Å²) >= 11 is 0. The lowest BCUT2D eigenvalue weighted by atomic mass is 10.2. The van der Waals surface area contributed by atoms with E-state index in [0.717, 1.165) is 23.7 Å². The van der Waals surface area contributed by atoms with E-state index >= 15 is 0 Å². The molecular weight excluding hydrogens is 200 g/mol. The molecule has 16 heavy (non-hydrogen) atoms. The molecule has 0 heterocycles. The summed E-state index contributed by atoms with van der Waals surface area (Å²) < 4.78 is 5.13. The van der Waals surface area contributed by atoms with Gasteiger partial charge in [-0.2, -0.15) is 0 Å². The number of methoxy groups -OCH3 is 1. The monoisotopic (exact) mass is 222 g/mol. The minimum absolute atomic E-state index is 0.776. The van der Waals surface area contributed by atoms with Crippen LogP contribution in [0.2, 0.25) is 0 Å². The van der Waals surface area contributed by atoms with E-state index in [4.69, 9.17) is 10.5 Å². The van der Waals surface area contributed by atoms with Crippen molar-refractivity contribution in [2.24, 2.45) is 0 Å². The van der Waals surface area contributed by atoms with Gasteiger partial charge < -0.3 is 15.4 Å². The molecule has 3 nitrogen and oxygen atoms in total. The number of hydrogen-bond acceptors (Lipinski definition) is 3. The Kier molecular flexibility index (Phi) is 4.96. The number of anilines is 2. The van der Waals surface area contributed by atoms with Crippen LogP contribution in [0.25, 0.3) is 0 Å². The van der Waals surface area contributed by atoms with Crippen molar-refractivity contribution in [3.8, 4) is 5.75 Å². The van der Waals surface area contributed by atoms with E-state index in [1.807, 2.05) is 18.2 Å². The molecule has 2 N–H and O–H groups in total. The molecule has 3 heteroatoms. The van der Waals surface area contributed by atoms with Gasteiger partial charge in [-0.25, -0.2) is 0 Å². The van der Waals surface area contributed by atoms with E-state index in [2.05, 4.69) is 18.9 Å². The summed E-state index contributed by atoms with van der Waals surface area (Å²) in [6.07, 6.45) is 3.71. The van der Waals surface area contributed by atoms with Crippen molar-refractivity contribution in [2.45, 2.75) is 26.2 Å². The van der Waals surface area contributed by atoms with E-state index in [1.54, 1.807) is 7.11 Å². The molecule has 0 radical (unpaired) electrons. The predicted molar refractivity (Wildman–Crippen MR) is 70.2 cm³/mol. The second-order valence-corrected chi connectivity index (χ2v) is 4.05. The first-order valence-electron chi connectivity index (χ1n) is 5.83. The largest absolute Gasteiger partial charge is 0.497 e. The van der Waals surface area contributed by atoms with Crippen LogP contribution in [0, 0.1) is 0 Å². The number of unbranched alkanes of at least 4 members (excludes halogenated alkanes) is 2. The lowest BCUT2D eigenvalue weighted by Gasteiger charge is -2.21. The minimum atomic E-state index is 0.776. The van der Waals surface area contributed by atoms with Crippen molar-refractivity contribution in [3.63, 3.8) is 0 Å². The topological polar surface area (TPSA) is 38.5 Å². The highest BCUT2D eigenvalue weighted by Crippen LogP contribution is 2.26. The van der Waals surface area contributed by atoms with Gasteiger partial charge in [0.15, 0.2) is 0 Å². The van der Waals surface area contributed by atoms with E-state index in [-0.39, 0.29) is 0 Å². The summed E-state index contributed by atoms with van der Waals surface area (Å²) in [5.74, 6) is 0.809. The zero-order valence-corrected chi connectivity index (χ0v) is 10.5. The quantitative estimate of drug-likeness (QED) is 0.594. The summed E-state index contributed by atoms with van der Waals surface area (Å²) in [7, 11) is 3.73. The third kappa shape index (κ3) is 3.33. The molecule has 0 saturated carbocycles. The second-order valence-electron chi connectivity index (χ2n) is 4.05. The third-order valence-electron chi connectivity index (χ3n) is 2.74. The number of nitrogens with zero attached hydrogens (tertiary/aromatic N) is 1. The van der Waals surface area contributed by atoms with Crippen LogP contribution in [-0.4, -0.2) is 20.7 Å². The lowest BCUT2D eigenvalue weighted by Crippen LogP contribution is -2.19. The Morgan fingerprint density at radius 2 is 2.06 bits per heavy atom. The number of nitrogens with two attached hydrogens (primary N) is 1. The fourth-order valence-corrected chi connectivity index (χ4v) is 1.73. The highest BCUT2D eigenvalue weighted by molar-refractivity contribution is 5.69. The maximum atomic E-state index is 5.98. The average molecular weight is 222 g/mol. The number of ether oxygens (including phenoxy) is 1. The zero-order chi connectivity index (χ0) is 12.0.